The van der Waals surface area contributed by atoms with E-state index in [9.17, 15) is 5.26 Å². The van der Waals surface area contributed by atoms with Crippen LogP contribution in [0.3, 0.4) is 0 Å². The fourth-order valence-corrected chi connectivity index (χ4v) is 2.25. The molecule has 106 valence electrons. The molecule has 0 atom stereocenters. The first-order valence-corrected chi connectivity index (χ1v) is 6.42. The molecule has 0 unspecified atom stereocenters. The molecule has 0 aliphatic heterocycles. The molecule has 2 rings (SSSR count). The monoisotopic (exact) mass is 281 g/mol. The quantitative estimate of drug-likeness (QED) is 0.486. The maximum Gasteiger partial charge on any atom is 0.374 e. The Balaban J connectivity index is 2.73. The Hall–Kier alpha value is -2.49. The van der Waals surface area contributed by atoms with Gasteiger partial charge in [-0.3, -0.25) is 4.68 Å². The van der Waals surface area contributed by atoms with Crippen LogP contribution in [-0.2, 0) is 18.7 Å². The van der Waals surface area contributed by atoms with Gasteiger partial charge in [0.2, 0.25) is 0 Å². The summed E-state index contributed by atoms with van der Waals surface area (Å²) in [6.07, 6.45) is 1.77. The van der Waals surface area contributed by atoms with E-state index < -0.39 is 0 Å². The van der Waals surface area contributed by atoms with E-state index in [2.05, 4.69) is 16.2 Å². The lowest BCUT2D eigenvalue weighted by Gasteiger charge is -2.09. The molecule has 0 saturated heterocycles. The van der Waals surface area contributed by atoms with Crippen LogP contribution in [-0.4, -0.2) is 27.4 Å². The van der Waals surface area contributed by atoms with E-state index in [1.807, 2.05) is 39.4 Å². The number of rotatable bonds is 3. The normalized spacial score (nSPS) is 12.0. The van der Waals surface area contributed by atoms with E-state index in [1.54, 1.807) is 10.9 Å². The van der Waals surface area contributed by atoms with E-state index in [0.717, 1.165) is 22.8 Å². The number of imidazole rings is 1. The highest BCUT2D eigenvalue weighted by Crippen LogP contribution is 2.29. The number of aryl methyl sites for hydroxylation is 4. The molecule has 21 heavy (non-hydrogen) atoms. The van der Waals surface area contributed by atoms with E-state index in [-0.39, 0.29) is 0 Å². The standard InChI is InChI=1S/C14H16BN5O/c1-8-13(9(2)20(5)18-8)14(21-15)11(6-16)12-7-19(4)10(3)17-12/h7H,1-5H3. The highest BCUT2D eigenvalue weighted by molar-refractivity contribution is 6.06. The van der Waals surface area contributed by atoms with Crippen LogP contribution in [0.1, 0.15) is 28.5 Å². The maximum absolute atomic E-state index is 9.51. The third-order valence-electron chi connectivity index (χ3n) is 3.56. The zero-order valence-electron chi connectivity index (χ0n) is 12.8. The van der Waals surface area contributed by atoms with Gasteiger partial charge in [-0.15, -0.1) is 0 Å². The number of hydrogen-bond donors (Lipinski definition) is 0. The summed E-state index contributed by atoms with van der Waals surface area (Å²) in [7, 11) is 9.13. The second-order valence-electron chi connectivity index (χ2n) is 4.89. The van der Waals surface area contributed by atoms with Crippen molar-refractivity contribution in [1.82, 2.24) is 19.3 Å². The van der Waals surface area contributed by atoms with Gasteiger partial charge in [0, 0.05) is 26.0 Å². The second-order valence-corrected chi connectivity index (χ2v) is 4.89. The van der Waals surface area contributed by atoms with E-state index >= 15 is 0 Å². The van der Waals surface area contributed by atoms with Crippen molar-refractivity contribution >= 4 is 19.4 Å². The molecular formula is C14H16BN5O. The maximum atomic E-state index is 9.51. The summed E-state index contributed by atoms with van der Waals surface area (Å²) in [4.78, 5) is 4.36. The molecule has 2 heterocycles. The SMILES string of the molecule is [B]OC(=C(C#N)c1cn(C)c(C)n1)c1c(C)nn(C)c1C. The molecule has 0 fully saturated rings. The molecular weight excluding hydrogens is 265 g/mol. The lowest BCUT2D eigenvalue weighted by molar-refractivity contribution is 0.573. The number of nitriles is 1. The van der Waals surface area contributed by atoms with Crippen molar-refractivity contribution in [2.24, 2.45) is 14.1 Å². The zero-order valence-corrected chi connectivity index (χ0v) is 12.8. The average molecular weight is 281 g/mol. The molecule has 0 saturated carbocycles. The minimum absolute atomic E-state index is 0.290. The molecule has 0 aliphatic carbocycles. The summed E-state index contributed by atoms with van der Waals surface area (Å²) >= 11 is 0. The van der Waals surface area contributed by atoms with Crippen LogP contribution in [0, 0.1) is 32.1 Å². The minimum atomic E-state index is 0.290. The lowest BCUT2D eigenvalue weighted by atomic mass is 10.0. The summed E-state index contributed by atoms with van der Waals surface area (Å²) in [5.74, 6) is 1.09. The van der Waals surface area contributed by atoms with Crippen LogP contribution >= 0.6 is 0 Å². The Morgan fingerprint density at radius 2 is 2.00 bits per heavy atom. The van der Waals surface area contributed by atoms with Crippen molar-refractivity contribution in [3.63, 3.8) is 0 Å². The first kappa shape index (κ1) is 14.9. The smallest absolute Gasteiger partial charge is 0.374 e. The van der Waals surface area contributed by atoms with Crippen molar-refractivity contribution in [1.29, 1.82) is 5.26 Å². The fraction of sp³-hybridized carbons (Fsp3) is 0.357. The van der Waals surface area contributed by atoms with E-state index in [4.69, 9.17) is 12.7 Å². The Morgan fingerprint density at radius 3 is 2.38 bits per heavy atom. The van der Waals surface area contributed by atoms with Gasteiger partial charge in [-0.05, 0) is 20.8 Å². The zero-order chi connectivity index (χ0) is 15.7. The molecule has 2 aromatic heterocycles. The lowest BCUT2D eigenvalue weighted by Crippen LogP contribution is -1.99. The summed E-state index contributed by atoms with van der Waals surface area (Å²) in [5.41, 5.74) is 3.16. The number of allylic oxidation sites excluding steroid dienone is 1. The minimum Gasteiger partial charge on any atom is -0.566 e. The predicted octanol–water partition coefficient (Wildman–Crippen LogP) is 1.57. The molecule has 2 radical (unpaired) electrons. The van der Waals surface area contributed by atoms with Gasteiger partial charge in [-0.25, -0.2) is 4.98 Å². The fourth-order valence-electron chi connectivity index (χ4n) is 2.25. The first-order chi connectivity index (χ1) is 9.90. The molecule has 0 aromatic carbocycles. The van der Waals surface area contributed by atoms with E-state index in [1.165, 1.54) is 0 Å². The molecule has 2 aromatic rings. The molecule has 0 amide bonds. The van der Waals surface area contributed by atoms with Crippen LogP contribution in [0.15, 0.2) is 6.20 Å². The highest BCUT2D eigenvalue weighted by atomic mass is 16.4. The largest absolute Gasteiger partial charge is 0.566 e. The Labute approximate surface area is 125 Å². The van der Waals surface area contributed by atoms with Crippen LogP contribution in [0.5, 0.6) is 0 Å². The second kappa shape index (κ2) is 5.48. The molecule has 0 spiro atoms. The topological polar surface area (TPSA) is 68.7 Å². The molecule has 7 heteroatoms. The first-order valence-electron chi connectivity index (χ1n) is 6.42. The third kappa shape index (κ3) is 2.45. The molecule has 0 N–H and O–H groups in total. The number of hydrogen-bond acceptors (Lipinski definition) is 4. The van der Waals surface area contributed by atoms with Crippen molar-refractivity contribution in [2.45, 2.75) is 20.8 Å². The third-order valence-corrected chi connectivity index (χ3v) is 3.56. The van der Waals surface area contributed by atoms with E-state index in [0.29, 0.717) is 17.0 Å². The van der Waals surface area contributed by atoms with Crippen molar-refractivity contribution in [3.8, 4) is 6.07 Å². The molecule has 0 bridgehead atoms. The van der Waals surface area contributed by atoms with Gasteiger partial charge < -0.3 is 9.22 Å². The number of nitrogens with zero attached hydrogens (tertiary/aromatic N) is 5. The molecule has 6 nitrogen and oxygen atoms in total. The summed E-state index contributed by atoms with van der Waals surface area (Å²) in [6.45, 7) is 5.61. The van der Waals surface area contributed by atoms with Crippen molar-refractivity contribution in [3.05, 3.63) is 34.7 Å². The number of aromatic nitrogens is 4. The Morgan fingerprint density at radius 1 is 1.33 bits per heavy atom. The van der Waals surface area contributed by atoms with Crippen molar-refractivity contribution < 1.29 is 4.65 Å². The van der Waals surface area contributed by atoms with Gasteiger partial charge in [0.25, 0.3) is 0 Å². The highest BCUT2D eigenvalue weighted by Gasteiger charge is 2.21. The summed E-state index contributed by atoms with van der Waals surface area (Å²) < 4.78 is 8.58. The van der Waals surface area contributed by atoms with Gasteiger partial charge in [0.05, 0.1) is 11.3 Å². The van der Waals surface area contributed by atoms with Crippen LogP contribution in [0.25, 0.3) is 11.3 Å². The van der Waals surface area contributed by atoms with Crippen LogP contribution < -0.4 is 0 Å². The summed E-state index contributed by atoms with van der Waals surface area (Å²) in [6, 6.07) is 2.13. The summed E-state index contributed by atoms with van der Waals surface area (Å²) in [5, 5.41) is 13.8. The molecule has 0 aliphatic rings. The van der Waals surface area contributed by atoms with Crippen LogP contribution in [0.4, 0.5) is 0 Å². The van der Waals surface area contributed by atoms with Crippen LogP contribution in [0.2, 0.25) is 0 Å². The Bertz CT molecular complexity index is 744. The van der Waals surface area contributed by atoms with Gasteiger partial charge in [-0.1, -0.05) is 0 Å². The average Bonchev–Trinajstić information content (AvgIpc) is 2.88. The van der Waals surface area contributed by atoms with Crippen molar-refractivity contribution in [2.75, 3.05) is 0 Å². The predicted molar refractivity (Wildman–Crippen MR) is 79.9 cm³/mol. The Kier molecular flexibility index (Phi) is 3.89. The van der Waals surface area contributed by atoms with Gasteiger partial charge in [0.15, 0.2) is 0 Å². The van der Waals surface area contributed by atoms with Gasteiger partial charge in [-0.2, -0.15) is 10.4 Å². The van der Waals surface area contributed by atoms with Gasteiger partial charge in [0.1, 0.15) is 28.9 Å². The van der Waals surface area contributed by atoms with Gasteiger partial charge >= 0.3 is 8.05 Å².